The molecule has 1 saturated heterocycles. The van der Waals surface area contributed by atoms with Crippen LogP contribution in [0.3, 0.4) is 0 Å². The molecule has 0 unspecified atom stereocenters. The molecule has 0 aromatic rings. The second kappa shape index (κ2) is 3.19. The summed E-state index contributed by atoms with van der Waals surface area (Å²) < 4.78 is 33.9. The Labute approximate surface area is 79.5 Å². The molecule has 0 aromatic heterocycles. The van der Waals surface area contributed by atoms with E-state index in [1.54, 1.807) is 0 Å². The van der Waals surface area contributed by atoms with Crippen molar-refractivity contribution in [2.75, 3.05) is 7.11 Å². The molecule has 0 bridgehead atoms. The normalized spacial score (nSPS) is 27.1. The van der Waals surface area contributed by atoms with Gasteiger partial charge in [-0.2, -0.15) is 12.7 Å². The lowest BCUT2D eigenvalue weighted by atomic mass is 10.0. The molecule has 0 saturated carbocycles. The van der Waals surface area contributed by atoms with Gasteiger partial charge < -0.3 is 10.5 Å². The lowest BCUT2D eigenvalue weighted by molar-refractivity contribution is -0.160. The summed E-state index contributed by atoms with van der Waals surface area (Å²) in [5, 5.41) is 0. The molecule has 2 atom stereocenters. The molecule has 1 rings (SSSR count). The zero-order valence-corrected chi connectivity index (χ0v) is 7.89. The maximum Gasteiger partial charge on any atom is 0.363 e. The first kappa shape index (κ1) is 10.9. The molecule has 8 nitrogen and oxygen atoms in total. The molecule has 1 fully saturated rings. The van der Waals surface area contributed by atoms with E-state index in [1.807, 2.05) is 0 Å². The summed E-state index contributed by atoms with van der Waals surface area (Å²) in [4.78, 5) is 21.8. The standard InChI is InChI=1S/C5H8N2O6S/c1-13-5(9)3-2(6)4(8)7(3)14(10,11)12/h2-3H,6H2,1H3,(H,10,11,12)/t2-,3-/m0/s1. The minimum absolute atomic E-state index is 0.0104. The first-order valence-corrected chi connectivity index (χ1v) is 4.84. The molecule has 0 spiro atoms. The first-order valence-electron chi connectivity index (χ1n) is 3.44. The second-order valence-electron chi connectivity index (χ2n) is 2.61. The quantitative estimate of drug-likeness (QED) is 0.301. The average Bonchev–Trinajstić information content (AvgIpc) is 2.09. The molecule has 14 heavy (non-hydrogen) atoms. The summed E-state index contributed by atoms with van der Waals surface area (Å²) in [6.07, 6.45) is 0. The Balaban J connectivity index is 2.97. The molecule has 1 heterocycles. The van der Waals surface area contributed by atoms with Crippen molar-refractivity contribution in [1.29, 1.82) is 0 Å². The van der Waals surface area contributed by atoms with Gasteiger partial charge in [0.05, 0.1) is 7.11 Å². The van der Waals surface area contributed by atoms with E-state index in [4.69, 9.17) is 10.3 Å². The number of methoxy groups -OCH3 is 1. The van der Waals surface area contributed by atoms with Gasteiger partial charge in [-0.15, -0.1) is 0 Å². The van der Waals surface area contributed by atoms with Gasteiger partial charge in [0.2, 0.25) is 0 Å². The number of carbonyl (C=O) groups is 2. The molecule has 9 heteroatoms. The van der Waals surface area contributed by atoms with Gasteiger partial charge in [-0.1, -0.05) is 0 Å². The highest BCUT2D eigenvalue weighted by molar-refractivity contribution is 7.84. The summed E-state index contributed by atoms with van der Waals surface area (Å²) in [6.45, 7) is 0. The van der Waals surface area contributed by atoms with Crippen LogP contribution in [0.2, 0.25) is 0 Å². The summed E-state index contributed by atoms with van der Waals surface area (Å²) in [5.41, 5.74) is 5.16. The number of hydrogen-bond acceptors (Lipinski definition) is 6. The van der Waals surface area contributed by atoms with Crippen LogP contribution < -0.4 is 5.73 Å². The average molecular weight is 224 g/mol. The third-order valence-corrected chi connectivity index (χ3v) is 2.69. The number of amides is 1. The third-order valence-electron chi connectivity index (χ3n) is 1.79. The highest BCUT2D eigenvalue weighted by Crippen LogP contribution is 2.22. The van der Waals surface area contributed by atoms with Crippen molar-refractivity contribution in [1.82, 2.24) is 4.31 Å². The van der Waals surface area contributed by atoms with Gasteiger partial charge in [0.15, 0.2) is 6.04 Å². The maximum atomic E-state index is 10.9. The van der Waals surface area contributed by atoms with Crippen molar-refractivity contribution in [3.63, 3.8) is 0 Å². The fraction of sp³-hybridized carbons (Fsp3) is 0.600. The van der Waals surface area contributed by atoms with Gasteiger partial charge in [-0.05, 0) is 0 Å². The summed E-state index contributed by atoms with van der Waals surface area (Å²) in [7, 11) is -3.74. The van der Waals surface area contributed by atoms with Gasteiger partial charge in [0, 0.05) is 0 Å². The topological polar surface area (TPSA) is 127 Å². The van der Waals surface area contributed by atoms with Gasteiger partial charge in [-0.25, -0.2) is 4.79 Å². The van der Waals surface area contributed by atoms with Crippen LogP contribution >= 0.6 is 0 Å². The van der Waals surface area contributed by atoms with E-state index in [1.165, 1.54) is 0 Å². The Hall–Kier alpha value is -1.19. The maximum absolute atomic E-state index is 10.9. The smallest absolute Gasteiger partial charge is 0.363 e. The molecule has 80 valence electrons. The Morgan fingerprint density at radius 1 is 1.64 bits per heavy atom. The van der Waals surface area contributed by atoms with E-state index >= 15 is 0 Å². The van der Waals surface area contributed by atoms with Crippen LogP contribution in [0, 0.1) is 0 Å². The summed E-state index contributed by atoms with van der Waals surface area (Å²) >= 11 is 0. The number of β-lactam (4-membered cyclic amide) rings is 1. The minimum Gasteiger partial charge on any atom is -0.467 e. The molecule has 1 aliphatic heterocycles. The van der Waals surface area contributed by atoms with Crippen LogP contribution in [0.4, 0.5) is 0 Å². The van der Waals surface area contributed by atoms with Gasteiger partial charge in [0.1, 0.15) is 6.04 Å². The fourth-order valence-corrected chi connectivity index (χ4v) is 1.96. The second-order valence-corrected chi connectivity index (χ2v) is 3.89. The zero-order valence-electron chi connectivity index (χ0n) is 7.08. The first-order chi connectivity index (χ1) is 6.30. The predicted octanol–water partition coefficient (Wildman–Crippen LogP) is -2.50. The highest BCUT2D eigenvalue weighted by Gasteiger charge is 2.55. The molecule has 0 aromatic carbocycles. The predicted molar refractivity (Wildman–Crippen MR) is 42.2 cm³/mol. The van der Waals surface area contributed by atoms with Gasteiger partial charge >= 0.3 is 16.3 Å². The molecule has 0 aliphatic carbocycles. The lowest BCUT2D eigenvalue weighted by Gasteiger charge is -2.39. The van der Waals surface area contributed by atoms with E-state index in [0.717, 1.165) is 7.11 Å². The number of esters is 1. The van der Waals surface area contributed by atoms with Crippen molar-refractivity contribution >= 4 is 22.2 Å². The van der Waals surface area contributed by atoms with E-state index < -0.39 is 34.3 Å². The van der Waals surface area contributed by atoms with E-state index in [0.29, 0.717) is 0 Å². The van der Waals surface area contributed by atoms with Crippen LogP contribution in [0.5, 0.6) is 0 Å². The van der Waals surface area contributed by atoms with Crippen molar-refractivity contribution in [3.8, 4) is 0 Å². The largest absolute Gasteiger partial charge is 0.467 e. The van der Waals surface area contributed by atoms with Crippen molar-refractivity contribution < 1.29 is 27.3 Å². The third kappa shape index (κ3) is 1.45. The molecule has 0 radical (unpaired) electrons. The van der Waals surface area contributed by atoms with E-state index in [-0.39, 0.29) is 4.31 Å². The van der Waals surface area contributed by atoms with E-state index in [9.17, 15) is 18.0 Å². The van der Waals surface area contributed by atoms with Gasteiger partial charge in [-0.3, -0.25) is 9.35 Å². The molecular weight excluding hydrogens is 216 g/mol. The van der Waals surface area contributed by atoms with E-state index in [2.05, 4.69) is 4.74 Å². The Morgan fingerprint density at radius 2 is 2.14 bits per heavy atom. The monoisotopic (exact) mass is 224 g/mol. The number of hydrogen-bond donors (Lipinski definition) is 2. The summed E-state index contributed by atoms with van der Waals surface area (Å²) in [5.74, 6) is -2.03. The van der Waals surface area contributed by atoms with Crippen LogP contribution in [-0.2, 0) is 24.6 Å². The van der Waals surface area contributed by atoms with Crippen LogP contribution in [0.15, 0.2) is 0 Å². The van der Waals surface area contributed by atoms with Crippen LogP contribution in [-0.4, -0.2) is 48.3 Å². The van der Waals surface area contributed by atoms with Crippen LogP contribution in [0.1, 0.15) is 0 Å². The van der Waals surface area contributed by atoms with Crippen molar-refractivity contribution in [2.24, 2.45) is 5.73 Å². The minimum atomic E-state index is -4.75. The van der Waals surface area contributed by atoms with Crippen molar-refractivity contribution in [3.05, 3.63) is 0 Å². The number of carbonyl (C=O) groups excluding carboxylic acids is 2. The zero-order chi connectivity index (χ0) is 11.1. The molecule has 1 aliphatic rings. The Bertz CT molecular complexity index is 376. The summed E-state index contributed by atoms with van der Waals surface area (Å²) in [6, 6.07) is -2.76. The number of nitrogens with zero attached hydrogens (tertiary/aromatic N) is 1. The fourth-order valence-electron chi connectivity index (χ4n) is 1.10. The molecule has 3 N–H and O–H groups in total. The van der Waals surface area contributed by atoms with Crippen LogP contribution in [0.25, 0.3) is 0 Å². The Kier molecular flexibility index (Phi) is 2.48. The van der Waals surface area contributed by atoms with Gasteiger partial charge in [0.25, 0.3) is 5.91 Å². The SMILES string of the molecule is COC(=O)[C@@H]1[C@H](N)C(=O)N1S(=O)(=O)O. The number of ether oxygens (including phenoxy) is 1. The number of rotatable bonds is 2. The Morgan fingerprint density at radius 3 is 2.50 bits per heavy atom. The molecular formula is C5H8N2O6S. The lowest BCUT2D eigenvalue weighted by Crippen LogP contribution is -2.72. The van der Waals surface area contributed by atoms with Crippen molar-refractivity contribution in [2.45, 2.75) is 12.1 Å². The molecule has 1 amide bonds. The highest BCUT2D eigenvalue weighted by atomic mass is 32.2. The number of nitrogens with two attached hydrogens (primary N) is 1.